The maximum atomic E-state index is 9.08. The molecule has 0 saturated carbocycles. The first kappa shape index (κ1) is 11.3. The third-order valence-corrected chi connectivity index (χ3v) is 2.76. The molecule has 4 nitrogen and oxygen atoms in total. The van der Waals surface area contributed by atoms with Crippen molar-refractivity contribution in [3.8, 4) is 11.8 Å². The van der Waals surface area contributed by atoms with Crippen molar-refractivity contribution in [1.29, 1.82) is 5.26 Å². The van der Waals surface area contributed by atoms with E-state index in [-0.39, 0.29) is 5.76 Å². The lowest BCUT2D eigenvalue weighted by molar-refractivity contribution is 0.303. The van der Waals surface area contributed by atoms with Gasteiger partial charge in [-0.3, -0.25) is 4.98 Å². The molecular formula is C15H10N2O2. The predicted octanol–water partition coefficient (Wildman–Crippen LogP) is 3.28. The highest BCUT2D eigenvalue weighted by Crippen LogP contribution is 2.32. The number of pyridine rings is 1. The van der Waals surface area contributed by atoms with Crippen LogP contribution in [0.25, 0.3) is 11.0 Å². The Bertz CT molecular complexity index is 742. The first-order valence-corrected chi connectivity index (χ1v) is 5.82. The highest BCUT2D eigenvalue weighted by molar-refractivity contribution is 5.86. The fraction of sp³-hybridized carbons (Fsp3) is 0.0667. The van der Waals surface area contributed by atoms with Gasteiger partial charge in [0.25, 0.3) is 0 Å². The number of rotatable bonds is 3. The molecule has 0 saturated heterocycles. The molecule has 0 aliphatic carbocycles. The second-order valence-corrected chi connectivity index (χ2v) is 4.02. The van der Waals surface area contributed by atoms with Gasteiger partial charge in [-0.1, -0.05) is 18.2 Å². The van der Waals surface area contributed by atoms with Gasteiger partial charge in [0, 0.05) is 18.0 Å². The number of hydrogen-bond acceptors (Lipinski definition) is 4. The Balaban J connectivity index is 1.94. The number of nitriles is 1. The summed E-state index contributed by atoms with van der Waals surface area (Å²) in [6.07, 6.45) is 3.44. The summed E-state index contributed by atoms with van der Waals surface area (Å²) in [7, 11) is 0. The molecule has 0 atom stereocenters. The quantitative estimate of drug-likeness (QED) is 0.715. The van der Waals surface area contributed by atoms with Gasteiger partial charge < -0.3 is 9.15 Å². The van der Waals surface area contributed by atoms with Crippen molar-refractivity contribution >= 4 is 11.0 Å². The summed E-state index contributed by atoms with van der Waals surface area (Å²) in [6.45, 7) is 0.353. The van der Waals surface area contributed by atoms with Gasteiger partial charge in [-0.2, -0.15) is 5.26 Å². The molecule has 0 spiro atoms. The summed E-state index contributed by atoms with van der Waals surface area (Å²) in [5.74, 6) is 0.687. The van der Waals surface area contributed by atoms with E-state index in [9.17, 15) is 0 Å². The fourth-order valence-corrected chi connectivity index (χ4v) is 1.88. The van der Waals surface area contributed by atoms with Gasteiger partial charge in [0.2, 0.25) is 5.76 Å². The topological polar surface area (TPSA) is 59.0 Å². The molecule has 0 radical (unpaired) electrons. The van der Waals surface area contributed by atoms with Gasteiger partial charge in [0.15, 0.2) is 5.75 Å². The van der Waals surface area contributed by atoms with Gasteiger partial charge in [0.05, 0.1) is 5.39 Å². The third kappa shape index (κ3) is 2.14. The van der Waals surface area contributed by atoms with E-state index in [1.165, 1.54) is 0 Å². The van der Waals surface area contributed by atoms with E-state index in [2.05, 4.69) is 4.98 Å². The van der Waals surface area contributed by atoms with Gasteiger partial charge >= 0.3 is 0 Å². The summed E-state index contributed by atoms with van der Waals surface area (Å²) < 4.78 is 11.1. The largest absolute Gasteiger partial charge is 0.483 e. The van der Waals surface area contributed by atoms with Crippen molar-refractivity contribution in [1.82, 2.24) is 4.98 Å². The van der Waals surface area contributed by atoms with Crippen LogP contribution in [0.4, 0.5) is 0 Å². The predicted molar refractivity (Wildman–Crippen MR) is 69.5 cm³/mol. The maximum absolute atomic E-state index is 9.08. The zero-order valence-electron chi connectivity index (χ0n) is 10.0. The first-order chi connectivity index (χ1) is 9.38. The van der Waals surface area contributed by atoms with Crippen LogP contribution in [0, 0.1) is 11.3 Å². The van der Waals surface area contributed by atoms with Crippen molar-refractivity contribution in [2.75, 3.05) is 0 Å². The molecule has 3 aromatic rings. The van der Waals surface area contributed by atoms with Crippen LogP contribution < -0.4 is 4.74 Å². The lowest BCUT2D eigenvalue weighted by atomic mass is 10.2. The summed E-state index contributed by atoms with van der Waals surface area (Å²) in [5.41, 5.74) is 1.59. The molecule has 19 heavy (non-hydrogen) atoms. The first-order valence-electron chi connectivity index (χ1n) is 5.82. The summed E-state index contributed by atoms with van der Waals surface area (Å²) in [6, 6.07) is 13.2. The van der Waals surface area contributed by atoms with E-state index >= 15 is 0 Å². The van der Waals surface area contributed by atoms with Crippen molar-refractivity contribution < 1.29 is 9.15 Å². The van der Waals surface area contributed by atoms with Crippen molar-refractivity contribution in [3.05, 3.63) is 60.1 Å². The van der Waals surface area contributed by atoms with Gasteiger partial charge in [-0.05, 0) is 18.2 Å². The van der Waals surface area contributed by atoms with Gasteiger partial charge in [0.1, 0.15) is 18.3 Å². The SMILES string of the molecule is N#Cc1oc2ccccc2c1OCc1cccnc1. The number of aromatic nitrogens is 1. The summed E-state index contributed by atoms with van der Waals surface area (Å²) >= 11 is 0. The van der Waals surface area contributed by atoms with Gasteiger partial charge in [-0.25, -0.2) is 0 Å². The second kappa shape index (κ2) is 4.83. The minimum absolute atomic E-state index is 0.199. The van der Waals surface area contributed by atoms with Crippen LogP contribution in [0.1, 0.15) is 11.3 Å². The average molecular weight is 250 g/mol. The van der Waals surface area contributed by atoms with E-state index in [4.69, 9.17) is 14.4 Å². The Morgan fingerprint density at radius 1 is 1.21 bits per heavy atom. The fourth-order valence-electron chi connectivity index (χ4n) is 1.88. The van der Waals surface area contributed by atoms with E-state index < -0.39 is 0 Å². The molecule has 2 aromatic heterocycles. The monoisotopic (exact) mass is 250 g/mol. The number of fused-ring (bicyclic) bond motifs is 1. The van der Waals surface area contributed by atoms with Crippen LogP contribution in [0.5, 0.6) is 5.75 Å². The molecule has 0 bridgehead atoms. The Morgan fingerprint density at radius 2 is 2.11 bits per heavy atom. The smallest absolute Gasteiger partial charge is 0.246 e. The van der Waals surface area contributed by atoms with Crippen LogP contribution in [0.2, 0.25) is 0 Å². The normalized spacial score (nSPS) is 10.3. The van der Waals surface area contributed by atoms with Crippen molar-refractivity contribution in [2.45, 2.75) is 6.61 Å². The molecule has 0 fully saturated rings. The summed E-state index contributed by atoms with van der Waals surface area (Å²) in [5, 5.41) is 9.89. The molecule has 0 N–H and O–H groups in total. The van der Waals surface area contributed by atoms with Gasteiger partial charge in [-0.15, -0.1) is 0 Å². The minimum Gasteiger partial charge on any atom is -0.483 e. The molecule has 0 unspecified atom stereocenters. The number of para-hydroxylation sites is 1. The molecule has 4 heteroatoms. The van der Waals surface area contributed by atoms with E-state index in [1.54, 1.807) is 12.4 Å². The highest BCUT2D eigenvalue weighted by atomic mass is 16.5. The molecule has 0 amide bonds. The number of ether oxygens (including phenoxy) is 1. The molecule has 0 aliphatic heterocycles. The Morgan fingerprint density at radius 3 is 2.89 bits per heavy atom. The standard InChI is InChI=1S/C15H10N2O2/c16-8-14-15(12-5-1-2-6-13(12)19-14)18-10-11-4-3-7-17-9-11/h1-7,9H,10H2. The number of hydrogen-bond donors (Lipinski definition) is 0. The molecule has 3 rings (SSSR count). The molecular weight excluding hydrogens is 240 g/mol. The molecule has 2 heterocycles. The Labute approximate surface area is 109 Å². The van der Waals surface area contributed by atoms with E-state index in [1.807, 2.05) is 42.5 Å². The number of benzene rings is 1. The zero-order valence-corrected chi connectivity index (χ0v) is 10.0. The molecule has 92 valence electrons. The second-order valence-electron chi connectivity index (χ2n) is 4.02. The van der Waals surface area contributed by atoms with Crippen LogP contribution in [-0.2, 0) is 6.61 Å². The molecule has 1 aromatic carbocycles. The van der Waals surface area contributed by atoms with E-state index in [0.29, 0.717) is 17.9 Å². The molecule has 0 aliphatic rings. The Hall–Kier alpha value is -2.80. The van der Waals surface area contributed by atoms with E-state index in [0.717, 1.165) is 10.9 Å². The van der Waals surface area contributed by atoms with Crippen LogP contribution in [-0.4, -0.2) is 4.98 Å². The summed E-state index contributed by atoms with van der Waals surface area (Å²) in [4.78, 5) is 4.02. The lowest BCUT2D eigenvalue weighted by Gasteiger charge is -2.04. The Kier molecular flexibility index (Phi) is 2.87. The third-order valence-electron chi connectivity index (χ3n) is 2.76. The number of furan rings is 1. The maximum Gasteiger partial charge on any atom is 0.246 e. The minimum atomic E-state index is 0.199. The van der Waals surface area contributed by atoms with Crippen molar-refractivity contribution in [2.24, 2.45) is 0 Å². The van der Waals surface area contributed by atoms with Crippen LogP contribution in [0.3, 0.4) is 0 Å². The zero-order chi connectivity index (χ0) is 13.1. The van der Waals surface area contributed by atoms with Crippen molar-refractivity contribution in [3.63, 3.8) is 0 Å². The number of nitrogens with zero attached hydrogens (tertiary/aromatic N) is 2. The van der Waals surface area contributed by atoms with Crippen LogP contribution >= 0.6 is 0 Å². The average Bonchev–Trinajstić information content (AvgIpc) is 2.84. The van der Waals surface area contributed by atoms with Crippen LogP contribution in [0.15, 0.2) is 53.2 Å². The highest BCUT2D eigenvalue weighted by Gasteiger charge is 2.14. The lowest BCUT2D eigenvalue weighted by Crippen LogP contribution is -1.96.